The standard InChI is InChI=1S/C23H23F4N5O3/c1-29-32(17-9-7-15(8-10-17)30-20(33)12-23(25,26)27)19(21(28)22(34)31-16-5-6-16)13-35-18-4-2-3-14(24)11-18/h2-4,7-11,16H,1,5-6,12-13,28H2,(H,30,33)(H,31,34)/b21-19-. The molecule has 0 heterocycles. The number of hydrogen-bond acceptors (Lipinski definition) is 6. The van der Waals surface area contributed by atoms with Gasteiger partial charge < -0.3 is 21.1 Å². The summed E-state index contributed by atoms with van der Waals surface area (Å²) in [6.45, 7) is 3.22. The maximum Gasteiger partial charge on any atom is 0.397 e. The van der Waals surface area contributed by atoms with Crippen LogP contribution in [0.2, 0.25) is 0 Å². The molecule has 0 atom stereocenters. The first-order chi connectivity index (χ1) is 16.6. The van der Waals surface area contributed by atoms with E-state index in [1.807, 2.05) is 0 Å². The molecule has 0 unspecified atom stereocenters. The highest BCUT2D eigenvalue weighted by Crippen LogP contribution is 2.26. The van der Waals surface area contributed by atoms with Gasteiger partial charge in [-0.15, -0.1) is 0 Å². The third-order valence-corrected chi connectivity index (χ3v) is 4.79. The first-order valence-corrected chi connectivity index (χ1v) is 10.5. The predicted octanol–water partition coefficient (Wildman–Crippen LogP) is 3.67. The maximum absolute atomic E-state index is 13.5. The minimum atomic E-state index is -4.63. The smallest absolute Gasteiger partial charge is 0.397 e. The van der Waals surface area contributed by atoms with Crippen LogP contribution in [0.15, 0.2) is 65.0 Å². The number of hydrazone groups is 1. The molecule has 186 valence electrons. The molecule has 1 aliphatic rings. The van der Waals surface area contributed by atoms with Gasteiger partial charge >= 0.3 is 6.18 Å². The molecule has 3 rings (SSSR count). The molecule has 0 aromatic heterocycles. The summed E-state index contributed by atoms with van der Waals surface area (Å²) < 4.78 is 56.3. The quantitative estimate of drug-likeness (QED) is 0.203. The SMILES string of the molecule is C=NN(/C(COc1cccc(F)c1)=C(\N)C(=O)NC1CC1)c1ccc(NC(=O)CC(F)(F)F)cc1. The minimum Gasteiger partial charge on any atom is -0.487 e. The Morgan fingerprint density at radius 2 is 1.86 bits per heavy atom. The van der Waals surface area contributed by atoms with Crippen LogP contribution >= 0.6 is 0 Å². The average Bonchev–Trinajstić information content (AvgIpc) is 3.59. The number of hydrogen-bond donors (Lipinski definition) is 3. The Balaban J connectivity index is 1.83. The summed E-state index contributed by atoms with van der Waals surface area (Å²) in [7, 11) is 0. The van der Waals surface area contributed by atoms with Crippen LogP contribution in [0.5, 0.6) is 5.75 Å². The fourth-order valence-corrected chi connectivity index (χ4v) is 2.98. The molecule has 12 heteroatoms. The third kappa shape index (κ3) is 7.73. The lowest BCUT2D eigenvalue weighted by molar-refractivity contribution is -0.150. The first kappa shape index (κ1) is 25.5. The van der Waals surface area contributed by atoms with Crippen molar-refractivity contribution in [3.05, 3.63) is 65.7 Å². The van der Waals surface area contributed by atoms with Crippen molar-refractivity contribution >= 4 is 29.9 Å². The molecular formula is C23H23F4N5O3. The molecule has 2 aromatic rings. The fraction of sp³-hybridized carbons (Fsp3) is 0.261. The average molecular weight is 493 g/mol. The van der Waals surface area contributed by atoms with Gasteiger partial charge in [-0.1, -0.05) is 6.07 Å². The van der Waals surface area contributed by atoms with E-state index in [2.05, 4.69) is 22.5 Å². The molecular weight excluding hydrogens is 470 g/mol. The summed E-state index contributed by atoms with van der Waals surface area (Å²) in [5.41, 5.74) is 6.46. The van der Waals surface area contributed by atoms with E-state index in [1.54, 1.807) is 0 Å². The third-order valence-electron chi connectivity index (χ3n) is 4.79. The molecule has 8 nitrogen and oxygen atoms in total. The van der Waals surface area contributed by atoms with Crippen LogP contribution in [0.1, 0.15) is 19.3 Å². The Hall–Kier alpha value is -4.09. The molecule has 0 spiro atoms. The van der Waals surface area contributed by atoms with Gasteiger partial charge in [-0.3, -0.25) is 9.59 Å². The second-order valence-electron chi connectivity index (χ2n) is 7.69. The van der Waals surface area contributed by atoms with Crippen molar-refractivity contribution in [2.45, 2.75) is 31.5 Å². The van der Waals surface area contributed by atoms with Crippen molar-refractivity contribution in [3.8, 4) is 5.75 Å². The normalized spacial score (nSPS) is 13.9. The lowest BCUT2D eigenvalue weighted by Crippen LogP contribution is -2.35. The molecule has 35 heavy (non-hydrogen) atoms. The number of nitrogens with one attached hydrogen (secondary N) is 2. The molecule has 2 amide bonds. The molecule has 1 fully saturated rings. The minimum absolute atomic E-state index is 0.0242. The maximum atomic E-state index is 13.5. The van der Waals surface area contributed by atoms with Crippen LogP contribution in [0.4, 0.5) is 28.9 Å². The van der Waals surface area contributed by atoms with E-state index in [0.29, 0.717) is 5.69 Å². The number of ether oxygens (including phenoxy) is 1. The van der Waals surface area contributed by atoms with Crippen LogP contribution in [-0.2, 0) is 9.59 Å². The van der Waals surface area contributed by atoms with Gasteiger partial charge in [0.15, 0.2) is 0 Å². The molecule has 0 aliphatic heterocycles. The van der Waals surface area contributed by atoms with Gasteiger partial charge in [0.25, 0.3) is 5.91 Å². The van der Waals surface area contributed by atoms with E-state index < -0.39 is 30.2 Å². The number of benzene rings is 2. The van der Waals surface area contributed by atoms with Gasteiger partial charge in [0, 0.05) is 24.5 Å². The van der Waals surface area contributed by atoms with E-state index in [1.165, 1.54) is 47.5 Å². The van der Waals surface area contributed by atoms with Gasteiger partial charge in [0.05, 0.1) is 5.69 Å². The summed E-state index contributed by atoms with van der Waals surface area (Å²) in [5, 5.41) is 10.0. The summed E-state index contributed by atoms with van der Waals surface area (Å²) in [6, 6.07) is 11.0. The summed E-state index contributed by atoms with van der Waals surface area (Å²) in [5.74, 6) is -2.09. The van der Waals surface area contributed by atoms with Crippen molar-refractivity contribution in [3.63, 3.8) is 0 Å². The summed E-state index contributed by atoms with van der Waals surface area (Å²) in [6.07, 6.45) is -4.59. The molecule has 1 saturated carbocycles. The van der Waals surface area contributed by atoms with Crippen LogP contribution in [0.25, 0.3) is 0 Å². The molecule has 4 N–H and O–H groups in total. The zero-order chi connectivity index (χ0) is 25.6. The number of halogens is 4. The topological polar surface area (TPSA) is 109 Å². The zero-order valence-corrected chi connectivity index (χ0v) is 18.4. The van der Waals surface area contributed by atoms with E-state index in [9.17, 15) is 27.2 Å². The van der Waals surface area contributed by atoms with Crippen molar-refractivity contribution in [1.82, 2.24) is 5.32 Å². The molecule has 0 saturated heterocycles. The lowest BCUT2D eigenvalue weighted by atomic mass is 10.2. The fourth-order valence-electron chi connectivity index (χ4n) is 2.98. The van der Waals surface area contributed by atoms with Gasteiger partial charge in [0.1, 0.15) is 36.0 Å². The molecule has 0 bridgehead atoms. The van der Waals surface area contributed by atoms with Gasteiger partial charge in [-0.05, 0) is 49.2 Å². The first-order valence-electron chi connectivity index (χ1n) is 10.5. The number of amides is 2. The summed E-state index contributed by atoms with van der Waals surface area (Å²) >= 11 is 0. The largest absolute Gasteiger partial charge is 0.487 e. The van der Waals surface area contributed by atoms with Gasteiger partial charge in [0.2, 0.25) is 5.91 Å². The number of anilines is 2. The van der Waals surface area contributed by atoms with Crippen molar-refractivity contribution < 1.29 is 31.9 Å². The Bertz CT molecular complexity index is 1110. The Morgan fingerprint density at radius 1 is 1.17 bits per heavy atom. The van der Waals surface area contributed by atoms with E-state index in [0.717, 1.165) is 18.9 Å². The van der Waals surface area contributed by atoms with Crippen LogP contribution < -0.4 is 26.1 Å². The van der Waals surface area contributed by atoms with E-state index in [4.69, 9.17) is 10.5 Å². The van der Waals surface area contributed by atoms with Crippen LogP contribution in [-0.4, -0.2) is 37.4 Å². The summed E-state index contributed by atoms with van der Waals surface area (Å²) in [4.78, 5) is 24.1. The number of nitrogens with two attached hydrogens (primary N) is 1. The highest BCUT2D eigenvalue weighted by molar-refractivity contribution is 5.94. The number of rotatable bonds is 10. The Kier molecular flexibility index (Phi) is 7.94. The van der Waals surface area contributed by atoms with Gasteiger partial charge in [-0.2, -0.15) is 18.3 Å². The number of nitrogens with zero attached hydrogens (tertiary/aromatic N) is 2. The Morgan fingerprint density at radius 3 is 2.43 bits per heavy atom. The van der Waals surface area contributed by atoms with Crippen LogP contribution in [0, 0.1) is 5.82 Å². The highest BCUT2D eigenvalue weighted by Gasteiger charge is 2.31. The molecule has 0 radical (unpaired) electrons. The number of carbonyl (C=O) groups excluding carboxylic acids is 2. The second-order valence-corrected chi connectivity index (χ2v) is 7.69. The van der Waals surface area contributed by atoms with E-state index >= 15 is 0 Å². The Labute approximate surface area is 198 Å². The van der Waals surface area contributed by atoms with Crippen molar-refractivity contribution in [1.29, 1.82) is 0 Å². The molecule has 2 aromatic carbocycles. The molecule has 1 aliphatic carbocycles. The lowest BCUT2D eigenvalue weighted by Gasteiger charge is -2.24. The van der Waals surface area contributed by atoms with E-state index in [-0.39, 0.29) is 35.5 Å². The predicted molar refractivity (Wildman–Crippen MR) is 122 cm³/mol. The van der Waals surface area contributed by atoms with Crippen LogP contribution in [0.3, 0.4) is 0 Å². The van der Waals surface area contributed by atoms with Gasteiger partial charge in [-0.25, -0.2) is 9.40 Å². The van der Waals surface area contributed by atoms with Crippen molar-refractivity contribution in [2.75, 3.05) is 16.9 Å². The van der Waals surface area contributed by atoms with Crippen molar-refractivity contribution in [2.24, 2.45) is 10.8 Å². The zero-order valence-electron chi connectivity index (χ0n) is 18.4. The monoisotopic (exact) mass is 493 g/mol. The number of carbonyl (C=O) groups is 2. The second kappa shape index (κ2) is 10.9. The highest BCUT2D eigenvalue weighted by atomic mass is 19.4. The number of alkyl halides is 3.